The first-order chi connectivity index (χ1) is 22.8. The third kappa shape index (κ3) is 5.69. The van der Waals surface area contributed by atoms with Gasteiger partial charge in [0.15, 0.2) is 16.3 Å². The van der Waals surface area contributed by atoms with E-state index in [-0.39, 0.29) is 30.2 Å². The van der Waals surface area contributed by atoms with E-state index < -0.39 is 16.9 Å². The Morgan fingerprint density at radius 1 is 1.09 bits per heavy atom. The molecule has 0 N–H and O–H groups in total. The van der Waals surface area contributed by atoms with E-state index in [2.05, 4.69) is 11.8 Å². The molecule has 1 atom stereocenters. The molecule has 7 rings (SSSR count). The summed E-state index contributed by atoms with van der Waals surface area (Å²) in [6.07, 6.45) is 3.72. The number of fused-ring (bicyclic) bond motifs is 2. The van der Waals surface area contributed by atoms with Crippen LogP contribution in [-0.4, -0.2) is 41.9 Å². The van der Waals surface area contributed by atoms with E-state index in [0.717, 1.165) is 31.6 Å². The minimum Gasteiger partial charge on any atom is -0.463 e. The van der Waals surface area contributed by atoms with Crippen molar-refractivity contribution in [3.05, 3.63) is 119 Å². The van der Waals surface area contributed by atoms with Crippen LogP contribution < -0.4 is 29.3 Å². The van der Waals surface area contributed by atoms with Gasteiger partial charge in [0.05, 0.1) is 33.4 Å². The van der Waals surface area contributed by atoms with Crippen molar-refractivity contribution in [1.29, 1.82) is 0 Å². The molecule has 3 aromatic carbocycles. The largest absolute Gasteiger partial charge is 0.463 e. The third-order valence-corrected chi connectivity index (χ3v) is 9.70. The first-order valence-electron chi connectivity index (χ1n) is 15.5. The summed E-state index contributed by atoms with van der Waals surface area (Å²) in [5, 5.41) is 11.8. The van der Waals surface area contributed by atoms with Crippen LogP contribution in [0.4, 0.5) is 11.4 Å². The van der Waals surface area contributed by atoms with Gasteiger partial charge in [0.1, 0.15) is 0 Å². The number of carbonyl (C=O) groups excluding carboxylic acids is 1. The number of rotatable bonds is 7. The van der Waals surface area contributed by atoms with Crippen molar-refractivity contribution >= 4 is 40.5 Å². The fourth-order valence-corrected chi connectivity index (χ4v) is 7.28. The Balaban J connectivity index is 1.47. The van der Waals surface area contributed by atoms with Crippen molar-refractivity contribution in [2.45, 2.75) is 32.7 Å². The monoisotopic (exact) mass is 652 g/mol. The SMILES string of the molecule is CCOC(=O)C1=C(c2ccccc2)N=c2s/c(=C/c3cc([N+](=O)[O-])ccc3N3CCC(C)CC3)c(=O)n2[C@@H]1c1ccc2c(c1)OCO2. The van der Waals surface area contributed by atoms with Crippen LogP contribution >= 0.6 is 11.3 Å². The lowest BCUT2D eigenvalue weighted by molar-refractivity contribution is -0.384. The fourth-order valence-electron chi connectivity index (χ4n) is 6.29. The van der Waals surface area contributed by atoms with Gasteiger partial charge in [0, 0.05) is 42.0 Å². The first kappa shape index (κ1) is 30.4. The number of esters is 1. The highest BCUT2D eigenvalue weighted by Crippen LogP contribution is 2.40. The Bertz CT molecular complexity index is 2100. The molecule has 0 aliphatic carbocycles. The molecule has 0 unspecified atom stereocenters. The van der Waals surface area contributed by atoms with Crippen molar-refractivity contribution in [3.63, 3.8) is 0 Å². The molecule has 4 heterocycles. The van der Waals surface area contributed by atoms with Gasteiger partial charge in [-0.25, -0.2) is 9.79 Å². The summed E-state index contributed by atoms with van der Waals surface area (Å²) in [5.41, 5.74) is 2.89. The van der Waals surface area contributed by atoms with Crippen molar-refractivity contribution in [3.8, 4) is 11.5 Å². The Morgan fingerprint density at radius 2 is 1.85 bits per heavy atom. The van der Waals surface area contributed by atoms with Crippen LogP contribution in [0.5, 0.6) is 11.5 Å². The van der Waals surface area contributed by atoms with E-state index in [4.69, 9.17) is 19.2 Å². The number of nitrogens with zero attached hydrogens (tertiary/aromatic N) is 4. The lowest BCUT2D eigenvalue weighted by Crippen LogP contribution is -2.40. The minimum absolute atomic E-state index is 0.0626. The summed E-state index contributed by atoms with van der Waals surface area (Å²) in [7, 11) is 0. The van der Waals surface area contributed by atoms with Gasteiger partial charge >= 0.3 is 5.97 Å². The average Bonchev–Trinajstić information content (AvgIpc) is 3.68. The topological polar surface area (TPSA) is 126 Å². The van der Waals surface area contributed by atoms with Gasteiger partial charge in [-0.05, 0) is 55.5 Å². The zero-order chi connectivity index (χ0) is 32.7. The molecule has 12 heteroatoms. The Labute approximate surface area is 273 Å². The van der Waals surface area contributed by atoms with E-state index in [1.807, 2.05) is 30.3 Å². The van der Waals surface area contributed by atoms with Gasteiger partial charge in [0.2, 0.25) is 6.79 Å². The first-order valence-corrected chi connectivity index (χ1v) is 16.4. The molecule has 4 aromatic rings. The third-order valence-electron chi connectivity index (χ3n) is 8.72. The molecule has 0 amide bonds. The van der Waals surface area contributed by atoms with Crippen LogP contribution in [0.25, 0.3) is 11.8 Å². The van der Waals surface area contributed by atoms with Crippen LogP contribution in [0, 0.1) is 16.0 Å². The highest BCUT2D eigenvalue weighted by Gasteiger charge is 2.36. The molecule has 3 aliphatic rings. The Hall–Kier alpha value is -5.23. The lowest BCUT2D eigenvalue weighted by Gasteiger charge is -2.33. The number of hydrogen-bond acceptors (Lipinski definition) is 10. The molecule has 11 nitrogen and oxygen atoms in total. The second-order valence-corrected chi connectivity index (χ2v) is 12.7. The maximum atomic E-state index is 14.5. The Kier molecular flexibility index (Phi) is 8.10. The predicted octanol–water partition coefficient (Wildman–Crippen LogP) is 4.81. The molecule has 1 aromatic heterocycles. The van der Waals surface area contributed by atoms with Gasteiger partial charge in [0.25, 0.3) is 11.2 Å². The molecule has 0 spiro atoms. The van der Waals surface area contributed by atoms with Gasteiger partial charge in [-0.15, -0.1) is 0 Å². The number of piperidine rings is 1. The summed E-state index contributed by atoms with van der Waals surface area (Å²) in [4.78, 5) is 47.1. The second-order valence-electron chi connectivity index (χ2n) is 11.7. The summed E-state index contributed by atoms with van der Waals surface area (Å²) >= 11 is 1.17. The molecule has 1 fully saturated rings. The number of thiazole rings is 1. The number of nitro benzene ring substituents is 1. The smallest absolute Gasteiger partial charge is 0.338 e. The number of hydrogen-bond donors (Lipinski definition) is 0. The maximum absolute atomic E-state index is 14.5. The molecule has 3 aliphatic heterocycles. The lowest BCUT2D eigenvalue weighted by atomic mass is 9.93. The number of carbonyl (C=O) groups is 1. The molecule has 1 saturated heterocycles. The van der Waals surface area contributed by atoms with Crippen molar-refractivity contribution in [1.82, 2.24) is 4.57 Å². The number of aromatic nitrogens is 1. The van der Waals surface area contributed by atoms with Crippen molar-refractivity contribution in [2.24, 2.45) is 10.9 Å². The quantitative estimate of drug-likeness (QED) is 0.158. The molecule has 47 heavy (non-hydrogen) atoms. The fraction of sp³-hybridized carbons (Fsp3) is 0.286. The normalized spacial score (nSPS) is 17.8. The molecule has 0 saturated carbocycles. The van der Waals surface area contributed by atoms with Crippen LogP contribution in [-0.2, 0) is 9.53 Å². The van der Waals surface area contributed by atoms with E-state index >= 15 is 0 Å². The van der Waals surface area contributed by atoms with Crippen LogP contribution in [0.1, 0.15) is 49.4 Å². The maximum Gasteiger partial charge on any atom is 0.338 e. The number of ether oxygens (including phenoxy) is 3. The highest BCUT2D eigenvalue weighted by molar-refractivity contribution is 7.07. The van der Waals surface area contributed by atoms with Crippen LogP contribution in [0.3, 0.4) is 0 Å². The average molecular weight is 653 g/mol. The van der Waals surface area contributed by atoms with Gasteiger partial charge in [-0.3, -0.25) is 19.5 Å². The summed E-state index contributed by atoms with van der Waals surface area (Å²) in [5.74, 6) is 1.08. The predicted molar refractivity (Wildman–Crippen MR) is 177 cm³/mol. The zero-order valence-electron chi connectivity index (χ0n) is 25.9. The number of benzene rings is 3. The molecule has 240 valence electrons. The Morgan fingerprint density at radius 3 is 2.60 bits per heavy atom. The standard InChI is InChI=1S/C35H32N4O7S/c1-3-44-34(41)30-31(22-7-5-4-6-8-22)36-35-38(32(30)23-9-12-27-28(18-23)46-20-45-27)33(40)29(47-35)19-24-17-25(39(42)43)10-11-26(24)37-15-13-21(2)14-16-37/h4-12,17-19,21,32H,3,13-16,20H2,1-2H3/b29-19+/t32-/m1/s1. The van der Waals surface area contributed by atoms with Gasteiger partial charge in [-0.2, -0.15) is 0 Å². The zero-order valence-corrected chi connectivity index (χ0v) is 26.7. The van der Waals surface area contributed by atoms with Crippen molar-refractivity contribution in [2.75, 3.05) is 31.4 Å². The van der Waals surface area contributed by atoms with E-state index in [0.29, 0.717) is 49.1 Å². The number of non-ortho nitro benzene ring substituents is 1. The highest BCUT2D eigenvalue weighted by atomic mass is 32.1. The second kappa shape index (κ2) is 12.5. The molecular weight excluding hydrogens is 620 g/mol. The van der Waals surface area contributed by atoms with E-state index in [1.165, 1.54) is 28.0 Å². The number of anilines is 1. The molecule has 0 radical (unpaired) electrons. The summed E-state index contributed by atoms with van der Waals surface area (Å²) in [6, 6.07) is 18.5. The van der Waals surface area contributed by atoms with E-state index in [9.17, 15) is 19.7 Å². The minimum atomic E-state index is -0.898. The van der Waals surface area contributed by atoms with Crippen molar-refractivity contribution < 1.29 is 23.9 Å². The van der Waals surface area contributed by atoms with Crippen LogP contribution in [0.15, 0.2) is 82.1 Å². The van der Waals surface area contributed by atoms with Crippen LogP contribution in [0.2, 0.25) is 0 Å². The summed E-state index contributed by atoms with van der Waals surface area (Å²) in [6.45, 7) is 5.78. The van der Waals surface area contributed by atoms with E-state index in [1.54, 1.807) is 37.3 Å². The number of nitro groups is 1. The molecular formula is C35H32N4O7S. The van der Waals surface area contributed by atoms with Gasteiger partial charge in [-0.1, -0.05) is 54.7 Å². The summed E-state index contributed by atoms with van der Waals surface area (Å²) < 4.78 is 18.6. The van der Waals surface area contributed by atoms with Gasteiger partial charge < -0.3 is 19.1 Å². The molecule has 0 bridgehead atoms.